The Morgan fingerprint density at radius 3 is 2.47 bits per heavy atom. The number of piperidine rings is 1. The average molecular weight is 441 g/mol. The standard InChI is InChI=1S/C23H24N2O3S2/c1-2-22-24-20-11-8-15(12-21(20)29-22)23(26)25-16-9-10-17(25)14-19(13-16)30(27,28)18-6-4-3-5-7-18/h3-8,11-12,16-17,19H,2,9-10,13-14H2,1H3/t16-,17-/m1/s1. The average Bonchev–Trinajstić information content (AvgIpc) is 3.30. The first-order valence-electron chi connectivity index (χ1n) is 10.5. The Balaban J connectivity index is 1.39. The Hall–Kier alpha value is -2.25. The van der Waals surface area contributed by atoms with Crippen LogP contribution in [0.25, 0.3) is 10.2 Å². The highest BCUT2D eigenvalue weighted by atomic mass is 32.2. The fourth-order valence-corrected chi connectivity index (χ4v) is 7.74. The van der Waals surface area contributed by atoms with Crippen LogP contribution in [-0.4, -0.2) is 41.5 Å². The minimum Gasteiger partial charge on any atom is -0.333 e. The van der Waals surface area contributed by atoms with Gasteiger partial charge in [0.2, 0.25) is 0 Å². The molecule has 2 aliphatic heterocycles. The van der Waals surface area contributed by atoms with Gasteiger partial charge in [-0.3, -0.25) is 4.79 Å². The molecule has 1 aromatic heterocycles. The summed E-state index contributed by atoms with van der Waals surface area (Å²) in [6.07, 6.45) is 3.67. The lowest BCUT2D eigenvalue weighted by molar-refractivity contribution is 0.0598. The molecule has 2 bridgehead atoms. The number of carbonyl (C=O) groups is 1. The lowest BCUT2D eigenvalue weighted by atomic mass is 10.0. The maximum Gasteiger partial charge on any atom is 0.254 e. The van der Waals surface area contributed by atoms with E-state index in [1.165, 1.54) is 0 Å². The van der Waals surface area contributed by atoms with Crippen molar-refractivity contribution >= 4 is 37.3 Å². The van der Waals surface area contributed by atoms with Crippen LogP contribution in [0.5, 0.6) is 0 Å². The van der Waals surface area contributed by atoms with Gasteiger partial charge in [-0.2, -0.15) is 0 Å². The van der Waals surface area contributed by atoms with Crippen molar-refractivity contribution < 1.29 is 13.2 Å². The number of benzene rings is 2. The van der Waals surface area contributed by atoms with E-state index in [4.69, 9.17) is 0 Å². The highest BCUT2D eigenvalue weighted by Crippen LogP contribution is 2.41. The molecule has 2 atom stereocenters. The third-order valence-corrected chi connectivity index (χ3v) is 9.77. The molecule has 156 valence electrons. The van der Waals surface area contributed by atoms with Crippen LogP contribution < -0.4 is 0 Å². The molecule has 5 rings (SSSR count). The number of thiazole rings is 1. The fourth-order valence-electron chi connectivity index (χ4n) is 4.92. The second-order valence-electron chi connectivity index (χ2n) is 8.19. The van der Waals surface area contributed by atoms with Crippen LogP contribution in [0.1, 0.15) is 48.0 Å². The molecule has 0 saturated carbocycles. The smallest absolute Gasteiger partial charge is 0.254 e. The van der Waals surface area contributed by atoms with Gasteiger partial charge in [-0.25, -0.2) is 13.4 Å². The zero-order valence-corrected chi connectivity index (χ0v) is 18.5. The molecule has 0 unspecified atom stereocenters. The molecule has 2 aliphatic rings. The van der Waals surface area contributed by atoms with Gasteiger partial charge in [0, 0.05) is 17.6 Å². The Bertz CT molecular complexity index is 1190. The molecule has 2 fully saturated rings. The van der Waals surface area contributed by atoms with E-state index in [1.54, 1.807) is 35.6 Å². The van der Waals surface area contributed by atoms with Gasteiger partial charge in [0.05, 0.1) is 25.4 Å². The van der Waals surface area contributed by atoms with Gasteiger partial charge in [0.1, 0.15) is 0 Å². The van der Waals surface area contributed by atoms with Crippen LogP contribution in [0.2, 0.25) is 0 Å². The van der Waals surface area contributed by atoms with E-state index in [2.05, 4.69) is 11.9 Å². The van der Waals surface area contributed by atoms with Crippen molar-refractivity contribution in [1.82, 2.24) is 9.88 Å². The molecule has 0 N–H and O–H groups in total. The largest absolute Gasteiger partial charge is 0.333 e. The summed E-state index contributed by atoms with van der Waals surface area (Å²) in [6, 6.07) is 14.4. The van der Waals surface area contributed by atoms with Crippen LogP contribution in [0.15, 0.2) is 53.4 Å². The number of aryl methyl sites for hydroxylation is 1. The summed E-state index contributed by atoms with van der Waals surface area (Å²) in [7, 11) is -3.38. The monoisotopic (exact) mass is 440 g/mol. The minimum atomic E-state index is -3.38. The molecule has 0 radical (unpaired) electrons. The molecule has 5 nitrogen and oxygen atoms in total. The third-order valence-electron chi connectivity index (χ3n) is 6.42. The molecule has 30 heavy (non-hydrogen) atoms. The second kappa shape index (κ2) is 7.46. The van der Waals surface area contributed by atoms with Crippen LogP contribution in [-0.2, 0) is 16.3 Å². The first-order chi connectivity index (χ1) is 14.5. The molecular weight excluding hydrogens is 416 g/mol. The molecule has 2 aromatic carbocycles. The fraction of sp³-hybridized carbons (Fsp3) is 0.391. The quantitative estimate of drug-likeness (QED) is 0.600. The van der Waals surface area contributed by atoms with Crippen LogP contribution >= 0.6 is 11.3 Å². The van der Waals surface area contributed by atoms with E-state index < -0.39 is 15.1 Å². The maximum atomic E-state index is 13.4. The SMILES string of the molecule is CCc1nc2ccc(C(=O)N3[C@@H]4CC[C@@H]3CC(S(=O)(=O)c3ccccc3)C4)cc2s1. The topological polar surface area (TPSA) is 67.3 Å². The predicted molar refractivity (Wildman–Crippen MR) is 119 cm³/mol. The number of hydrogen-bond donors (Lipinski definition) is 0. The van der Waals surface area contributed by atoms with E-state index in [9.17, 15) is 13.2 Å². The van der Waals surface area contributed by atoms with Crippen molar-refractivity contribution in [3.8, 4) is 0 Å². The summed E-state index contributed by atoms with van der Waals surface area (Å²) in [5.41, 5.74) is 1.61. The third kappa shape index (κ3) is 3.24. The summed E-state index contributed by atoms with van der Waals surface area (Å²) >= 11 is 1.63. The summed E-state index contributed by atoms with van der Waals surface area (Å²) in [4.78, 5) is 20.3. The molecule has 7 heteroatoms. The summed E-state index contributed by atoms with van der Waals surface area (Å²) in [6.45, 7) is 2.08. The maximum absolute atomic E-state index is 13.4. The first-order valence-corrected chi connectivity index (χ1v) is 12.8. The summed E-state index contributed by atoms with van der Waals surface area (Å²) in [5.74, 6) is 0.0198. The van der Waals surface area contributed by atoms with Crippen molar-refractivity contribution in [2.75, 3.05) is 0 Å². The van der Waals surface area contributed by atoms with Crippen molar-refractivity contribution in [2.24, 2.45) is 0 Å². The Kier molecular flexibility index (Phi) is 4.90. The summed E-state index contributed by atoms with van der Waals surface area (Å²) in [5, 5.41) is 0.652. The number of rotatable bonds is 4. The highest BCUT2D eigenvalue weighted by molar-refractivity contribution is 7.92. The number of hydrogen-bond acceptors (Lipinski definition) is 5. The van der Waals surface area contributed by atoms with Gasteiger partial charge in [-0.15, -0.1) is 11.3 Å². The first kappa shape index (κ1) is 19.7. The van der Waals surface area contributed by atoms with Gasteiger partial charge in [0.15, 0.2) is 9.84 Å². The van der Waals surface area contributed by atoms with Crippen molar-refractivity contribution in [3.05, 3.63) is 59.1 Å². The zero-order valence-electron chi connectivity index (χ0n) is 16.8. The lowest BCUT2D eigenvalue weighted by Gasteiger charge is -2.38. The Labute approximate surface area is 180 Å². The molecule has 1 amide bonds. The number of amides is 1. The van der Waals surface area contributed by atoms with Crippen molar-refractivity contribution in [2.45, 2.75) is 61.3 Å². The molecule has 0 spiro atoms. The van der Waals surface area contributed by atoms with Gasteiger partial charge < -0.3 is 4.90 Å². The van der Waals surface area contributed by atoms with Crippen LogP contribution in [0, 0.1) is 0 Å². The number of fused-ring (bicyclic) bond motifs is 3. The number of sulfone groups is 1. The second-order valence-corrected chi connectivity index (χ2v) is 11.5. The predicted octanol–water partition coefficient (Wildman–Crippen LogP) is 4.47. The van der Waals surface area contributed by atoms with E-state index >= 15 is 0 Å². The molecule has 0 aliphatic carbocycles. The lowest BCUT2D eigenvalue weighted by Crippen LogP contribution is -2.49. The van der Waals surface area contributed by atoms with E-state index in [0.717, 1.165) is 34.5 Å². The number of carbonyl (C=O) groups excluding carboxylic acids is 1. The Morgan fingerprint density at radius 1 is 1.10 bits per heavy atom. The normalized spacial score (nSPS) is 23.8. The molecule has 2 saturated heterocycles. The highest BCUT2D eigenvalue weighted by Gasteiger charge is 2.47. The van der Waals surface area contributed by atoms with E-state index in [1.807, 2.05) is 29.2 Å². The zero-order chi connectivity index (χ0) is 20.9. The van der Waals surface area contributed by atoms with Gasteiger partial charge >= 0.3 is 0 Å². The Morgan fingerprint density at radius 2 is 1.80 bits per heavy atom. The number of nitrogens with zero attached hydrogens (tertiary/aromatic N) is 2. The van der Waals surface area contributed by atoms with Crippen molar-refractivity contribution in [3.63, 3.8) is 0 Å². The van der Waals surface area contributed by atoms with Gasteiger partial charge in [-0.1, -0.05) is 25.1 Å². The molecular formula is C23H24N2O3S2. The summed E-state index contributed by atoms with van der Waals surface area (Å²) < 4.78 is 27.3. The van der Waals surface area contributed by atoms with E-state index in [-0.39, 0.29) is 18.0 Å². The van der Waals surface area contributed by atoms with Gasteiger partial charge in [0.25, 0.3) is 5.91 Å². The van der Waals surface area contributed by atoms with Crippen LogP contribution in [0.4, 0.5) is 0 Å². The number of aromatic nitrogens is 1. The van der Waals surface area contributed by atoms with E-state index in [0.29, 0.717) is 23.3 Å². The van der Waals surface area contributed by atoms with Crippen LogP contribution in [0.3, 0.4) is 0 Å². The van der Waals surface area contributed by atoms with Gasteiger partial charge in [-0.05, 0) is 62.4 Å². The molecule has 3 heterocycles. The van der Waals surface area contributed by atoms with Crippen molar-refractivity contribution in [1.29, 1.82) is 0 Å². The minimum absolute atomic E-state index is 0.0110. The molecule has 3 aromatic rings.